The number of hydrogen-bond acceptors (Lipinski definition) is 3. The average molecular weight is 287 g/mol. The summed E-state index contributed by atoms with van der Waals surface area (Å²) in [7, 11) is 0. The molecule has 1 N–H and O–H groups in total. The minimum Gasteiger partial charge on any atom is -0.492 e. The van der Waals surface area contributed by atoms with Crippen molar-refractivity contribution in [3.63, 3.8) is 0 Å². The molecule has 1 saturated heterocycles. The lowest BCUT2D eigenvalue weighted by Gasteiger charge is -2.22. The van der Waals surface area contributed by atoms with Gasteiger partial charge in [-0.25, -0.2) is 0 Å². The van der Waals surface area contributed by atoms with Crippen LogP contribution < -0.4 is 10.1 Å². The van der Waals surface area contributed by atoms with Gasteiger partial charge in [-0.2, -0.15) is 5.26 Å². The molecule has 18 heavy (non-hydrogen) atoms. The Kier molecular flexibility index (Phi) is 6.28. The Morgan fingerprint density at radius 3 is 2.72 bits per heavy atom. The van der Waals surface area contributed by atoms with E-state index >= 15 is 0 Å². The highest BCUT2D eigenvalue weighted by Gasteiger charge is 2.14. The fraction of sp³-hybridized carbons (Fsp3) is 0.462. The van der Waals surface area contributed by atoms with Crippen molar-refractivity contribution >= 4 is 24.0 Å². The maximum atomic E-state index is 8.73. The van der Waals surface area contributed by atoms with E-state index in [9.17, 15) is 0 Å². The van der Waals surface area contributed by atoms with Crippen LogP contribution in [0.3, 0.4) is 0 Å². The highest BCUT2D eigenvalue weighted by Crippen LogP contribution is 2.26. The molecular weight excluding hydrogens is 271 g/mol. The first-order valence-electron chi connectivity index (χ1n) is 5.83. The van der Waals surface area contributed by atoms with E-state index in [1.165, 1.54) is 0 Å². The summed E-state index contributed by atoms with van der Waals surface area (Å²) in [6.45, 7) is 2.83. The van der Waals surface area contributed by atoms with Gasteiger partial charge >= 0.3 is 0 Å². The van der Waals surface area contributed by atoms with Gasteiger partial charge < -0.3 is 10.1 Å². The predicted octanol–water partition coefficient (Wildman–Crippen LogP) is 3.01. The molecule has 0 atom stereocenters. The van der Waals surface area contributed by atoms with E-state index in [-0.39, 0.29) is 12.4 Å². The van der Waals surface area contributed by atoms with Crippen LogP contribution in [-0.4, -0.2) is 19.7 Å². The number of piperidine rings is 1. The molecule has 0 unspecified atom stereocenters. The number of ether oxygens (including phenoxy) is 1. The first-order chi connectivity index (χ1) is 8.29. The van der Waals surface area contributed by atoms with E-state index in [4.69, 9.17) is 21.6 Å². The van der Waals surface area contributed by atoms with Crippen molar-refractivity contribution < 1.29 is 4.74 Å². The van der Waals surface area contributed by atoms with Gasteiger partial charge in [0, 0.05) is 0 Å². The number of halogens is 2. The molecule has 1 aliphatic heterocycles. The number of benzene rings is 1. The Bertz CT molecular complexity index is 425. The third-order valence-electron chi connectivity index (χ3n) is 2.99. The summed E-state index contributed by atoms with van der Waals surface area (Å²) in [5, 5.41) is 12.6. The molecule has 5 heteroatoms. The first kappa shape index (κ1) is 15.1. The van der Waals surface area contributed by atoms with Gasteiger partial charge in [0.25, 0.3) is 0 Å². The first-order valence-corrected chi connectivity index (χ1v) is 6.20. The minimum absolute atomic E-state index is 0. The second-order valence-corrected chi connectivity index (χ2v) is 4.67. The van der Waals surface area contributed by atoms with Crippen LogP contribution in [0.1, 0.15) is 18.4 Å². The maximum absolute atomic E-state index is 8.73. The molecule has 1 aromatic rings. The third-order valence-corrected chi connectivity index (χ3v) is 3.29. The second kappa shape index (κ2) is 7.48. The Hall–Kier alpha value is -0.950. The summed E-state index contributed by atoms with van der Waals surface area (Å²) in [6, 6.07) is 7.18. The topological polar surface area (TPSA) is 45.0 Å². The minimum atomic E-state index is 0. The third kappa shape index (κ3) is 4.06. The number of rotatable bonds is 3. The van der Waals surface area contributed by atoms with Crippen molar-refractivity contribution in [2.75, 3.05) is 19.7 Å². The lowest BCUT2D eigenvalue weighted by molar-refractivity contribution is 0.215. The van der Waals surface area contributed by atoms with Gasteiger partial charge in [0.15, 0.2) is 0 Å². The van der Waals surface area contributed by atoms with Crippen LogP contribution in [0.15, 0.2) is 18.2 Å². The fourth-order valence-electron chi connectivity index (χ4n) is 1.94. The summed E-state index contributed by atoms with van der Waals surface area (Å²) in [4.78, 5) is 0. The van der Waals surface area contributed by atoms with Gasteiger partial charge in [-0.1, -0.05) is 11.6 Å². The summed E-state index contributed by atoms with van der Waals surface area (Å²) >= 11 is 6.04. The van der Waals surface area contributed by atoms with Crippen LogP contribution in [0, 0.1) is 17.2 Å². The zero-order valence-electron chi connectivity index (χ0n) is 9.99. The summed E-state index contributed by atoms with van der Waals surface area (Å²) in [5.41, 5.74) is 0.559. The van der Waals surface area contributed by atoms with E-state index in [0.717, 1.165) is 25.9 Å². The van der Waals surface area contributed by atoms with Crippen molar-refractivity contribution in [3.05, 3.63) is 28.8 Å². The zero-order chi connectivity index (χ0) is 12.1. The molecule has 0 aromatic heterocycles. The largest absolute Gasteiger partial charge is 0.492 e. The number of nitriles is 1. The Balaban J connectivity index is 0.00000162. The van der Waals surface area contributed by atoms with Gasteiger partial charge in [-0.3, -0.25) is 0 Å². The predicted molar refractivity (Wildman–Crippen MR) is 74.5 cm³/mol. The smallest absolute Gasteiger partial charge is 0.137 e. The Morgan fingerprint density at radius 2 is 2.11 bits per heavy atom. The highest BCUT2D eigenvalue weighted by molar-refractivity contribution is 6.32. The quantitative estimate of drug-likeness (QED) is 0.929. The van der Waals surface area contributed by atoms with Crippen LogP contribution in [0.5, 0.6) is 5.75 Å². The molecule has 0 spiro atoms. The maximum Gasteiger partial charge on any atom is 0.137 e. The second-order valence-electron chi connectivity index (χ2n) is 4.26. The lowest BCUT2D eigenvalue weighted by atomic mass is 9.99. The average Bonchev–Trinajstić information content (AvgIpc) is 2.38. The van der Waals surface area contributed by atoms with E-state index in [2.05, 4.69) is 11.4 Å². The molecular formula is C13H16Cl2N2O. The molecule has 1 fully saturated rings. The summed E-state index contributed by atoms with van der Waals surface area (Å²) in [5.74, 6) is 1.27. The van der Waals surface area contributed by atoms with Crippen LogP contribution in [0.25, 0.3) is 0 Å². The van der Waals surface area contributed by atoms with Crippen LogP contribution >= 0.6 is 24.0 Å². The molecule has 0 radical (unpaired) electrons. The molecule has 2 rings (SSSR count). The standard InChI is InChI=1S/C13H15ClN2O.ClH/c14-12-7-11(8-15)1-2-13(12)17-9-10-3-5-16-6-4-10;/h1-2,7,10,16H,3-6,9H2;1H. The Morgan fingerprint density at radius 1 is 1.39 bits per heavy atom. The fourth-order valence-corrected chi connectivity index (χ4v) is 2.18. The molecule has 0 amide bonds. The van der Waals surface area contributed by atoms with Gasteiger partial charge in [-0.05, 0) is 50.0 Å². The Labute approximate surface area is 118 Å². The van der Waals surface area contributed by atoms with E-state index in [0.29, 0.717) is 28.9 Å². The van der Waals surface area contributed by atoms with Crippen molar-refractivity contribution in [3.8, 4) is 11.8 Å². The van der Waals surface area contributed by atoms with Crippen molar-refractivity contribution in [1.82, 2.24) is 5.32 Å². The van der Waals surface area contributed by atoms with E-state index in [1.54, 1.807) is 18.2 Å². The van der Waals surface area contributed by atoms with Gasteiger partial charge in [0.2, 0.25) is 0 Å². The van der Waals surface area contributed by atoms with Crippen molar-refractivity contribution in [2.45, 2.75) is 12.8 Å². The van der Waals surface area contributed by atoms with Gasteiger partial charge in [-0.15, -0.1) is 12.4 Å². The SMILES string of the molecule is Cl.N#Cc1ccc(OCC2CCNCC2)c(Cl)c1. The van der Waals surface area contributed by atoms with E-state index in [1.807, 2.05) is 0 Å². The number of hydrogen-bond donors (Lipinski definition) is 1. The monoisotopic (exact) mass is 286 g/mol. The highest BCUT2D eigenvalue weighted by atomic mass is 35.5. The van der Waals surface area contributed by atoms with Crippen LogP contribution in [0.2, 0.25) is 5.02 Å². The van der Waals surface area contributed by atoms with Gasteiger partial charge in [0.05, 0.1) is 23.3 Å². The summed E-state index contributed by atoms with van der Waals surface area (Å²) < 4.78 is 5.71. The molecule has 0 saturated carbocycles. The van der Waals surface area contributed by atoms with Crippen molar-refractivity contribution in [1.29, 1.82) is 5.26 Å². The number of nitrogens with zero attached hydrogens (tertiary/aromatic N) is 1. The normalized spacial score (nSPS) is 15.6. The van der Waals surface area contributed by atoms with Gasteiger partial charge in [0.1, 0.15) is 5.75 Å². The molecule has 1 heterocycles. The molecule has 0 bridgehead atoms. The molecule has 0 aliphatic carbocycles. The molecule has 98 valence electrons. The van der Waals surface area contributed by atoms with Crippen LogP contribution in [0.4, 0.5) is 0 Å². The van der Waals surface area contributed by atoms with Crippen LogP contribution in [-0.2, 0) is 0 Å². The van der Waals surface area contributed by atoms with Crippen molar-refractivity contribution in [2.24, 2.45) is 5.92 Å². The molecule has 1 aliphatic rings. The summed E-state index contributed by atoms with van der Waals surface area (Å²) in [6.07, 6.45) is 2.29. The number of nitrogens with one attached hydrogen (secondary N) is 1. The zero-order valence-corrected chi connectivity index (χ0v) is 11.6. The van der Waals surface area contributed by atoms with E-state index < -0.39 is 0 Å². The lowest BCUT2D eigenvalue weighted by Crippen LogP contribution is -2.30. The molecule has 3 nitrogen and oxygen atoms in total. The molecule has 1 aromatic carbocycles.